The van der Waals surface area contributed by atoms with Crippen LogP contribution in [0, 0.1) is 0 Å². The third kappa shape index (κ3) is 3.95. The molecule has 0 unspecified atom stereocenters. The summed E-state index contributed by atoms with van der Waals surface area (Å²) in [4.78, 5) is 0. The van der Waals surface area contributed by atoms with Crippen LogP contribution in [0.5, 0.6) is 5.75 Å². The molecule has 20 heavy (non-hydrogen) atoms. The molecule has 0 saturated carbocycles. The first-order valence-electron chi connectivity index (χ1n) is 6.32. The second-order valence-corrected chi connectivity index (χ2v) is 5.30. The molecule has 2 nitrogen and oxygen atoms in total. The van der Waals surface area contributed by atoms with Gasteiger partial charge in [0.15, 0.2) is 0 Å². The van der Waals surface area contributed by atoms with Gasteiger partial charge in [-0.05, 0) is 47.0 Å². The molecule has 0 spiro atoms. The molecule has 0 radical (unpaired) electrons. The van der Waals surface area contributed by atoms with E-state index in [9.17, 15) is 0 Å². The Balaban J connectivity index is 2.36. The van der Waals surface area contributed by atoms with Gasteiger partial charge in [0, 0.05) is 11.6 Å². The Bertz CT molecular complexity index is 588. The van der Waals surface area contributed by atoms with Crippen molar-refractivity contribution < 1.29 is 9.47 Å². The summed E-state index contributed by atoms with van der Waals surface area (Å²) >= 11 is 3.44. The molecule has 2 aromatic rings. The summed E-state index contributed by atoms with van der Waals surface area (Å²) in [5.41, 5.74) is 3.37. The van der Waals surface area contributed by atoms with E-state index in [1.165, 1.54) is 0 Å². The molecule has 0 atom stereocenters. The van der Waals surface area contributed by atoms with Crippen molar-refractivity contribution in [2.24, 2.45) is 0 Å². The van der Waals surface area contributed by atoms with Crippen molar-refractivity contribution in [1.29, 1.82) is 0 Å². The van der Waals surface area contributed by atoms with Crippen molar-refractivity contribution in [1.82, 2.24) is 0 Å². The van der Waals surface area contributed by atoms with E-state index >= 15 is 0 Å². The molecular formula is C17H17BrO2. The summed E-state index contributed by atoms with van der Waals surface area (Å²) < 4.78 is 11.7. The smallest absolute Gasteiger partial charge is 0.119 e. The molecule has 0 saturated heterocycles. The molecule has 0 aliphatic heterocycles. The average molecular weight is 333 g/mol. The van der Waals surface area contributed by atoms with Crippen LogP contribution in [0.4, 0.5) is 0 Å². The lowest BCUT2D eigenvalue weighted by molar-refractivity contribution is 0.240. The van der Waals surface area contributed by atoms with E-state index < -0.39 is 0 Å². The number of hydrogen-bond acceptors (Lipinski definition) is 2. The molecule has 0 aliphatic rings. The fourth-order valence-electron chi connectivity index (χ4n) is 1.95. The highest BCUT2D eigenvalue weighted by atomic mass is 79.9. The van der Waals surface area contributed by atoms with Gasteiger partial charge in [0.05, 0.1) is 13.7 Å². The van der Waals surface area contributed by atoms with Gasteiger partial charge in [-0.1, -0.05) is 40.2 Å². The molecule has 2 rings (SSSR count). The Labute approximate surface area is 128 Å². The Hall–Kier alpha value is -1.58. The fourth-order valence-corrected chi connectivity index (χ4v) is 2.21. The maximum absolute atomic E-state index is 5.31. The molecule has 0 aliphatic carbocycles. The van der Waals surface area contributed by atoms with Crippen LogP contribution in [0.3, 0.4) is 0 Å². The lowest BCUT2D eigenvalue weighted by Crippen LogP contribution is -1.95. The minimum Gasteiger partial charge on any atom is -0.497 e. The maximum atomic E-state index is 5.31. The first-order valence-corrected chi connectivity index (χ1v) is 7.11. The van der Waals surface area contributed by atoms with Crippen molar-refractivity contribution >= 4 is 27.6 Å². The van der Waals surface area contributed by atoms with Crippen LogP contribution < -0.4 is 4.74 Å². The predicted molar refractivity (Wildman–Crippen MR) is 86.9 cm³/mol. The van der Waals surface area contributed by atoms with Gasteiger partial charge in [-0.15, -0.1) is 0 Å². The van der Waals surface area contributed by atoms with Crippen molar-refractivity contribution in [2.75, 3.05) is 20.8 Å². The van der Waals surface area contributed by atoms with Gasteiger partial charge in [-0.2, -0.15) is 0 Å². The first-order chi connectivity index (χ1) is 9.72. The van der Waals surface area contributed by atoms with Gasteiger partial charge < -0.3 is 9.47 Å². The van der Waals surface area contributed by atoms with Crippen molar-refractivity contribution in [3.63, 3.8) is 0 Å². The average Bonchev–Trinajstić information content (AvgIpc) is 2.49. The number of rotatable bonds is 5. The van der Waals surface area contributed by atoms with E-state index in [4.69, 9.17) is 9.47 Å². The summed E-state index contributed by atoms with van der Waals surface area (Å²) in [5.74, 6) is 0.848. The maximum Gasteiger partial charge on any atom is 0.119 e. The van der Waals surface area contributed by atoms with E-state index in [0.29, 0.717) is 6.61 Å². The third-order valence-electron chi connectivity index (χ3n) is 2.95. The number of hydrogen-bond donors (Lipinski definition) is 0. The highest BCUT2D eigenvalue weighted by Crippen LogP contribution is 2.23. The van der Waals surface area contributed by atoms with Gasteiger partial charge in [0.2, 0.25) is 0 Å². The van der Waals surface area contributed by atoms with Gasteiger partial charge in [-0.3, -0.25) is 0 Å². The van der Waals surface area contributed by atoms with Crippen LogP contribution in [0.15, 0.2) is 53.0 Å². The van der Waals surface area contributed by atoms with Crippen LogP contribution in [0.2, 0.25) is 0 Å². The SMILES string of the molecule is COC/C(=C\c1ccc(Br)cc1)c1cccc(OC)c1. The first kappa shape index (κ1) is 14.8. The monoisotopic (exact) mass is 332 g/mol. The number of methoxy groups -OCH3 is 2. The summed E-state index contributed by atoms with van der Waals surface area (Å²) in [5, 5.41) is 0. The molecule has 0 bridgehead atoms. The quantitative estimate of drug-likeness (QED) is 0.742. The molecule has 0 amide bonds. The predicted octanol–water partition coefficient (Wildman–Crippen LogP) is 4.64. The standard InChI is InChI=1S/C17H17BrO2/c1-19-12-15(10-13-6-8-16(18)9-7-13)14-4-3-5-17(11-14)20-2/h3-11H,12H2,1-2H3/b15-10+. The van der Waals surface area contributed by atoms with E-state index in [1.807, 2.05) is 30.3 Å². The van der Waals surface area contributed by atoms with Crippen LogP contribution in [0.25, 0.3) is 11.6 Å². The van der Waals surface area contributed by atoms with Gasteiger partial charge >= 0.3 is 0 Å². The number of benzene rings is 2. The Morgan fingerprint density at radius 3 is 2.50 bits per heavy atom. The molecular weight excluding hydrogens is 316 g/mol. The topological polar surface area (TPSA) is 18.5 Å². The summed E-state index contributed by atoms with van der Waals surface area (Å²) in [6, 6.07) is 16.2. The molecule has 104 valence electrons. The Morgan fingerprint density at radius 1 is 1.10 bits per heavy atom. The summed E-state index contributed by atoms with van der Waals surface area (Å²) in [7, 11) is 3.38. The summed E-state index contributed by atoms with van der Waals surface area (Å²) in [6.07, 6.45) is 2.13. The molecule has 3 heteroatoms. The highest BCUT2D eigenvalue weighted by Gasteiger charge is 2.03. The Morgan fingerprint density at radius 2 is 1.85 bits per heavy atom. The highest BCUT2D eigenvalue weighted by molar-refractivity contribution is 9.10. The van der Waals surface area contributed by atoms with Crippen LogP contribution in [-0.4, -0.2) is 20.8 Å². The fraction of sp³-hybridized carbons (Fsp3) is 0.176. The van der Waals surface area contributed by atoms with E-state index in [0.717, 1.165) is 26.9 Å². The van der Waals surface area contributed by atoms with Crippen molar-refractivity contribution in [3.8, 4) is 5.75 Å². The van der Waals surface area contributed by atoms with E-state index in [-0.39, 0.29) is 0 Å². The van der Waals surface area contributed by atoms with Crippen molar-refractivity contribution in [2.45, 2.75) is 0 Å². The normalized spacial score (nSPS) is 11.4. The van der Waals surface area contributed by atoms with E-state index in [1.54, 1.807) is 14.2 Å². The molecule has 0 aromatic heterocycles. The van der Waals surface area contributed by atoms with Crippen molar-refractivity contribution in [3.05, 3.63) is 64.1 Å². The second-order valence-electron chi connectivity index (χ2n) is 4.39. The minimum atomic E-state index is 0.559. The van der Waals surface area contributed by atoms with Crippen LogP contribution in [0.1, 0.15) is 11.1 Å². The van der Waals surface area contributed by atoms with Gasteiger partial charge in [-0.25, -0.2) is 0 Å². The zero-order valence-electron chi connectivity index (χ0n) is 11.6. The molecule has 0 N–H and O–H groups in total. The summed E-state index contributed by atoms with van der Waals surface area (Å²) in [6.45, 7) is 0.559. The zero-order valence-corrected chi connectivity index (χ0v) is 13.2. The molecule has 0 fully saturated rings. The molecule has 0 heterocycles. The van der Waals surface area contributed by atoms with Crippen LogP contribution in [-0.2, 0) is 4.74 Å². The third-order valence-corrected chi connectivity index (χ3v) is 3.48. The van der Waals surface area contributed by atoms with Crippen LogP contribution >= 0.6 is 15.9 Å². The lowest BCUT2D eigenvalue weighted by Gasteiger charge is -2.09. The van der Waals surface area contributed by atoms with Gasteiger partial charge in [0.25, 0.3) is 0 Å². The Kier molecular flexibility index (Phi) is 5.39. The minimum absolute atomic E-state index is 0.559. The largest absolute Gasteiger partial charge is 0.497 e. The molecule has 2 aromatic carbocycles. The number of halogens is 1. The second kappa shape index (κ2) is 7.27. The van der Waals surface area contributed by atoms with E-state index in [2.05, 4.69) is 40.2 Å². The number of ether oxygens (including phenoxy) is 2. The lowest BCUT2D eigenvalue weighted by atomic mass is 10.0. The zero-order chi connectivity index (χ0) is 14.4. The van der Waals surface area contributed by atoms with Gasteiger partial charge in [0.1, 0.15) is 5.75 Å².